The summed E-state index contributed by atoms with van der Waals surface area (Å²) in [6.45, 7) is 8.95. The molecule has 1 aliphatic rings. The van der Waals surface area contributed by atoms with E-state index >= 15 is 0 Å². The Morgan fingerprint density at radius 1 is 1.30 bits per heavy atom. The predicted octanol–water partition coefficient (Wildman–Crippen LogP) is 3.96. The van der Waals surface area contributed by atoms with E-state index in [0.29, 0.717) is 5.41 Å². The minimum atomic E-state index is 0.454. The fraction of sp³-hybridized carbons (Fsp3) is 0.667. The molecular formula is C18H29NO. The fourth-order valence-corrected chi connectivity index (χ4v) is 3.17. The van der Waals surface area contributed by atoms with E-state index in [1.807, 2.05) is 0 Å². The lowest BCUT2D eigenvalue weighted by Gasteiger charge is -2.43. The Bertz CT molecular complexity index is 435. The lowest BCUT2D eigenvalue weighted by atomic mass is 9.65. The van der Waals surface area contributed by atoms with Crippen LogP contribution in [0.4, 0.5) is 0 Å². The first-order valence-corrected chi connectivity index (χ1v) is 7.89. The van der Waals surface area contributed by atoms with Gasteiger partial charge in [0.25, 0.3) is 0 Å². The summed E-state index contributed by atoms with van der Waals surface area (Å²) in [5, 5.41) is 3.66. The molecule has 0 atom stereocenters. The summed E-state index contributed by atoms with van der Waals surface area (Å²) >= 11 is 0. The smallest absolute Gasteiger partial charge is 0.122 e. The summed E-state index contributed by atoms with van der Waals surface area (Å²) < 4.78 is 5.54. The van der Waals surface area contributed by atoms with Crippen LogP contribution in [-0.4, -0.2) is 20.2 Å². The van der Waals surface area contributed by atoms with E-state index in [0.717, 1.165) is 31.2 Å². The number of hydrogen-bond donors (Lipinski definition) is 1. The van der Waals surface area contributed by atoms with Crippen LogP contribution in [0.5, 0.6) is 5.75 Å². The van der Waals surface area contributed by atoms with Crippen LogP contribution in [0.1, 0.15) is 44.2 Å². The van der Waals surface area contributed by atoms with Crippen molar-refractivity contribution in [2.45, 2.75) is 46.5 Å². The van der Waals surface area contributed by atoms with Crippen LogP contribution in [0.25, 0.3) is 0 Å². The van der Waals surface area contributed by atoms with Crippen molar-refractivity contribution in [3.63, 3.8) is 0 Å². The van der Waals surface area contributed by atoms with E-state index in [9.17, 15) is 0 Å². The summed E-state index contributed by atoms with van der Waals surface area (Å²) in [6, 6.07) is 6.53. The zero-order valence-corrected chi connectivity index (χ0v) is 13.5. The minimum Gasteiger partial charge on any atom is -0.496 e. The van der Waals surface area contributed by atoms with Gasteiger partial charge in [-0.05, 0) is 55.7 Å². The second-order valence-electron chi connectivity index (χ2n) is 6.87. The molecule has 0 unspecified atom stereocenters. The summed E-state index contributed by atoms with van der Waals surface area (Å²) in [7, 11) is 1.78. The van der Waals surface area contributed by atoms with Gasteiger partial charge in [-0.2, -0.15) is 0 Å². The van der Waals surface area contributed by atoms with Crippen molar-refractivity contribution in [2.24, 2.45) is 11.3 Å². The van der Waals surface area contributed by atoms with Gasteiger partial charge in [-0.25, -0.2) is 0 Å². The van der Waals surface area contributed by atoms with Crippen LogP contribution in [0.2, 0.25) is 0 Å². The Morgan fingerprint density at radius 3 is 2.60 bits per heavy atom. The van der Waals surface area contributed by atoms with Gasteiger partial charge in [0.05, 0.1) is 7.11 Å². The molecule has 112 valence electrons. The monoisotopic (exact) mass is 275 g/mol. The minimum absolute atomic E-state index is 0.454. The Kier molecular flexibility index (Phi) is 5.09. The maximum atomic E-state index is 5.54. The van der Waals surface area contributed by atoms with Crippen LogP contribution in [0.15, 0.2) is 18.2 Å². The third kappa shape index (κ3) is 3.76. The van der Waals surface area contributed by atoms with Crippen molar-refractivity contribution in [2.75, 3.05) is 20.2 Å². The average Bonchev–Trinajstić information content (AvgIpc) is 2.35. The highest BCUT2D eigenvalue weighted by Crippen LogP contribution is 2.44. The largest absolute Gasteiger partial charge is 0.496 e. The van der Waals surface area contributed by atoms with Crippen molar-refractivity contribution < 1.29 is 4.74 Å². The molecule has 1 aliphatic carbocycles. The maximum absolute atomic E-state index is 5.54. The van der Waals surface area contributed by atoms with E-state index in [-0.39, 0.29) is 0 Å². The van der Waals surface area contributed by atoms with Gasteiger partial charge in [0.2, 0.25) is 0 Å². The van der Waals surface area contributed by atoms with Gasteiger partial charge in [-0.15, -0.1) is 0 Å². The molecule has 0 aromatic heterocycles. The van der Waals surface area contributed by atoms with Gasteiger partial charge >= 0.3 is 0 Å². The fourth-order valence-electron chi connectivity index (χ4n) is 3.17. The molecule has 0 amide bonds. The van der Waals surface area contributed by atoms with E-state index in [4.69, 9.17) is 4.74 Å². The number of rotatable bonds is 7. The third-order valence-corrected chi connectivity index (χ3v) is 4.47. The van der Waals surface area contributed by atoms with Crippen molar-refractivity contribution in [3.05, 3.63) is 29.3 Å². The molecule has 0 spiro atoms. The molecule has 0 saturated heterocycles. The van der Waals surface area contributed by atoms with Crippen LogP contribution < -0.4 is 10.1 Å². The Labute approximate surface area is 123 Å². The highest BCUT2D eigenvalue weighted by molar-refractivity contribution is 5.38. The summed E-state index contributed by atoms with van der Waals surface area (Å²) in [4.78, 5) is 0. The lowest BCUT2D eigenvalue weighted by molar-refractivity contribution is 0.128. The molecule has 1 aromatic carbocycles. The SMILES string of the molecule is COc1ccc(C)cc1CC1(CNCC(C)C)CCC1. The molecule has 0 bridgehead atoms. The first kappa shape index (κ1) is 15.4. The molecule has 20 heavy (non-hydrogen) atoms. The molecule has 2 rings (SSSR count). The zero-order valence-electron chi connectivity index (χ0n) is 13.5. The van der Waals surface area contributed by atoms with Crippen LogP contribution in [-0.2, 0) is 6.42 Å². The Balaban J connectivity index is 2.04. The number of hydrogen-bond acceptors (Lipinski definition) is 2. The summed E-state index contributed by atoms with van der Waals surface area (Å²) in [5.41, 5.74) is 3.15. The average molecular weight is 275 g/mol. The number of nitrogens with one attached hydrogen (secondary N) is 1. The van der Waals surface area contributed by atoms with Gasteiger partial charge in [-0.1, -0.05) is 38.0 Å². The summed E-state index contributed by atoms with van der Waals surface area (Å²) in [5.74, 6) is 1.77. The quantitative estimate of drug-likeness (QED) is 0.813. The van der Waals surface area contributed by atoms with Crippen LogP contribution >= 0.6 is 0 Å². The highest BCUT2D eigenvalue weighted by Gasteiger charge is 2.37. The summed E-state index contributed by atoms with van der Waals surface area (Å²) in [6.07, 6.45) is 5.20. The van der Waals surface area contributed by atoms with Crippen LogP contribution in [0, 0.1) is 18.3 Å². The first-order valence-electron chi connectivity index (χ1n) is 7.89. The zero-order chi connectivity index (χ0) is 14.6. The molecule has 1 saturated carbocycles. The molecule has 2 nitrogen and oxygen atoms in total. The van der Waals surface area contributed by atoms with Crippen molar-refractivity contribution in [3.8, 4) is 5.75 Å². The van der Waals surface area contributed by atoms with Crippen molar-refractivity contribution in [1.82, 2.24) is 5.32 Å². The molecule has 1 N–H and O–H groups in total. The van der Waals surface area contributed by atoms with Gasteiger partial charge in [0.1, 0.15) is 5.75 Å². The second-order valence-corrected chi connectivity index (χ2v) is 6.87. The number of benzene rings is 1. The van der Waals surface area contributed by atoms with E-state index < -0.39 is 0 Å². The van der Waals surface area contributed by atoms with E-state index in [2.05, 4.69) is 44.3 Å². The molecule has 1 fully saturated rings. The third-order valence-electron chi connectivity index (χ3n) is 4.47. The standard InChI is InChI=1S/C18H29NO/c1-14(2)12-19-13-18(8-5-9-18)11-16-10-15(3)6-7-17(16)20-4/h6-7,10,14,19H,5,8-9,11-13H2,1-4H3. The molecule has 1 aromatic rings. The topological polar surface area (TPSA) is 21.3 Å². The van der Waals surface area contributed by atoms with Gasteiger partial charge in [0, 0.05) is 6.54 Å². The number of methoxy groups -OCH3 is 1. The van der Waals surface area contributed by atoms with Crippen molar-refractivity contribution >= 4 is 0 Å². The maximum Gasteiger partial charge on any atom is 0.122 e. The highest BCUT2D eigenvalue weighted by atomic mass is 16.5. The molecule has 0 heterocycles. The lowest BCUT2D eigenvalue weighted by Crippen LogP contribution is -2.42. The molecule has 2 heteroatoms. The second kappa shape index (κ2) is 6.62. The van der Waals surface area contributed by atoms with Gasteiger partial charge in [-0.3, -0.25) is 0 Å². The van der Waals surface area contributed by atoms with Gasteiger partial charge < -0.3 is 10.1 Å². The molecular weight excluding hydrogens is 246 g/mol. The Hall–Kier alpha value is -1.02. The van der Waals surface area contributed by atoms with E-state index in [1.165, 1.54) is 30.4 Å². The number of aryl methyl sites for hydroxylation is 1. The Morgan fingerprint density at radius 2 is 2.05 bits per heavy atom. The predicted molar refractivity (Wildman–Crippen MR) is 85.4 cm³/mol. The molecule has 0 radical (unpaired) electrons. The first-order chi connectivity index (χ1) is 9.54. The number of ether oxygens (including phenoxy) is 1. The normalized spacial score (nSPS) is 17.1. The van der Waals surface area contributed by atoms with E-state index in [1.54, 1.807) is 7.11 Å². The molecule has 0 aliphatic heterocycles. The van der Waals surface area contributed by atoms with Crippen molar-refractivity contribution in [1.29, 1.82) is 0 Å². The van der Waals surface area contributed by atoms with Gasteiger partial charge in [0.15, 0.2) is 0 Å². The van der Waals surface area contributed by atoms with Crippen LogP contribution in [0.3, 0.4) is 0 Å².